The van der Waals surface area contributed by atoms with Gasteiger partial charge in [0.1, 0.15) is 6.10 Å². The van der Waals surface area contributed by atoms with Crippen LogP contribution in [-0.2, 0) is 4.74 Å². The minimum Gasteiger partial charge on any atom is -0.446 e. The zero-order valence-corrected chi connectivity index (χ0v) is 6.17. The molecule has 10 heavy (non-hydrogen) atoms. The van der Waals surface area contributed by atoms with Crippen LogP contribution in [0.5, 0.6) is 0 Å². The Labute approximate surface area is 60.5 Å². The predicted molar refractivity (Wildman–Crippen MR) is 37.5 cm³/mol. The minimum absolute atomic E-state index is 0.0810. The second kappa shape index (κ2) is 2.90. The highest BCUT2D eigenvalue weighted by Gasteiger charge is 2.25. The lowest BCUT2D eigenvalue weighted by atomic mass is 10.1. The van der Waals surface area contributed by atoms with Crippen LogP contribution in [-0.4, -0.2) is 12.2 Å². The summed E-state index contributed by atoms with van der Waals surface area (Å²) in [4.78, 5) is 10.3. The van der Waals surface area contributed by atoms with Crippen LogP contribution in [0.15, 0.2) is 0 Å². The number of rotatable bonds is 1. The van der Waals surface area contributed by atoms with Gasteiger partial charge in [0.2, 0.25) is 0 Å². The van der Waals surface area contributed by atoms with Gasteiger partial charge in [0, 0.05) is 0 Å². The Morgan fingerprint density at radius 3 is 2.70 bits per heavy atom. The molecule has 0 heterocycles. The number of carbonyl (C=O) groups is 1. The summed E-state index contributed by atoms with van der Waals surface area (Å²) in [6, 6.07) is 0. The van der Waals surface area contributed by atoms with Gasteiger partial charge in [-0.2, -0.15) is 0 Å². The Morgan fingerprint density at radius 1 is 1.60 bits per heavy atom. The van der Waals surface area contributed by atoms with E-state index < -0.39 is 6.09 Å². The van der Waals surface area contributed by atoms with Crippen molar-refractivity contribution in [1.29, 1.82) is 0 Å². The molecule has 1 saturated carbocycles. The zero-order chi connectivity index (χ0) is 7.56. The Morgan fingerprint density at radius 2 is 2.30 bits per heavy atom. The SMILES string of the molecule is C[C@H]1CCC[C@@H]1OC(N)=O. The van der Waals surface area contributed by atoms with Crippen LogP contribution in [0, 0.1) is 5.92 Å². The Hall–Kier alpha value is -0.730. The minimum atomic E-state index is -0.640. The van der Waals surface area contributed by atoms with E-state index in [-0.39, 0.29) is 6.10 Å². The molecule has 58 valence electrons. The van der Waals surface area contributed by atoms with Gasteiger partial charge in [-0.1, -0.05) is 6.92 Å². The van der Waals surface area contributed by atoms with Crippen LogP contribution in [0.3, 0.4) is 0 Å². The van der Waals surface area contributed by atoms with Gasteiger partial charge < -0.3 is 10.5 Å². The second-order valence-electron chi connectivity index (χ2n) is 2.88. The van der Waals surface area contributed by atoms with Crippen LogP contribution in [0.25, 0.3) is 0 Å². The molecule has 1 amide bonds. The summed E-state index contributed by atoms with van der Waals surface area (Å²) in [5, 5.41) is 0. The van der Waals surface area contributed by atoms with Gasteiger partial charge in [0.05, 0.1) is 0 Å². The smallest absolute Gasteiger partial charge is 0.404 e. The lowest BCUT2D eigenvalue weighted by Gasteiger charge is -2.13. The number of hydrogen-bond donors (Lipinski definition) is 1. The molecule has 2 N–H and O–H groups in total. The molecule has 0 aromatic heterocycles. The molecule has 1 fully saturated rings. The standard InChI is InChI=1S/C7H13NO2/c1-5-3-2-4-6(5)10-7(8)9/h5-6H,2-4H2,1H3,(H2,8,9)/t5-,6-/m0/s1. The van der Waals surface area contributed by atoms with Crippen molar-refractivity contribution in [2.45, 2.75) is 32.3 Å². The van der Waals surface area contributed by atoms with Crippen LogP contribution in [0.4, 0.5) is 4.79 Å². The van der Waals surface area contributed by atoms with E-state index in [9.17, 15) is 4.79 Å². The van der Waals surface area contributed by atoms with E-state index in [0.29, 0.717) is 5.92 Å². The first-order valence-electron chi connectivity index (χ1n) is 3.66. The summed E-state index contributed by atoms with van der Waals surface area (Å²) in [6.45, 7) is 2.08. The van der Waals surface area contributed by atoms with Crippen molar-refractivity contribution in [3.8, 4) is 0 Å². The van der Waals surface area contributed by atoms with E-state index in [1.54, 1.807) is 0 Å². The third-order valence-electron chi connectivity index (χ3n) is 2.05. The molecular formula is C7H13NO2. The van der Waals surface area contributed by atoms with Crippen molar-refractivity contribution in [2.75, 3.05) is 0 Å². The number of hydrogen-bond acceptors (Lipinski definition) is 2. The molecule has 2 atom stereocenters. The summed E-state index contributed by atoms with van der Waals surface area (Å²) in [7, 11) is 0. The molecule has 0 radical (unpaired) electrons. The van der Waals surface area contributed by atoms with Gasteiger partial charge in [-0.3, -0.25) is 0 Å². The van der Waals surface area contributed by atoms with Gasteiger partial charge >= 0.3 is 6.09 Å². The molecule has 1 aliphatic rings. The lowest BCUT2D eigenvalue weighted by molar-refractivity contribution is 0.0880. The molecule has 0 spiro atoms. The molecule has 3 nitrogen and oxygen atoms in total. The fourth-order valence-electron chi connectivity index (χ4n) is 1.44. The topological polar surface area (TPSA) is 52.3 Å². The number of amides is 1. The molecule has 0 unspecified atom stereocenters. The zero-order valence-electron chi connectivity index (χ0n) is 6.17. The molecule has 0 aliphatic heterocycles. The quantitative estimate of drug-likeness (QED) is 0.601. The maximum absolute atomic E-state index is 10.3. The molecule has 0 saturated heterocycles. The number of carbonyl (C=O) groups excluding carboxylic acids is 1. The van der Waals surface area contributed by atoms with E-state index in [4.69, 9.17) is 10.5 Å². The molecule has 0 aromatic rings. The van der Waals surface area contributed by atoms with E-state index in [1.807, 2.05) is 0 Å². The molecule has 0 aromatic carbocycles. The monoisotopic (exact) mass is 143 g/mol. The molecule has 1 rings (SSSR count). The van der Waals surface area contributed by atoms with Gasteiger partial charge in [0.15, 0.2) is 0 Å². The third-order valence-corrected chi connectivity index (χ3v) is 2.05. The van der Waals surface area contributed by atoms with Crippen molar-refractivity contribution < 1.29 is 9.53 Å². The largest absolute Gasteiger partial charge is 0.446 e. The third kappa shape index (κ3) is 1.62. The predicted octanol–water partition coefficient (Wildman–Crippen LogP) is 1.27. The summed E-state index contributed by atoms with van der Waals surface area (Å²) in [6.07, 6.45) is 2.72. The Kier molecular flexibility index (Phi) is 2.14. The van der Waals surface area contributed by atoms with Gasteiger partial charge in [0.25, 0.3) is 0 Å². The summed E-state index contributed by atoms with van der Waals surface area (Å²) < 4.78 is 4.86. The van der Waals surface area contributed by atoms with Crippen molar-refractivity contribution in [3.63, 3.8) is 0 Å². The number of nitrogens with two attached hydrogens (primary N) is 1. The van der Waals surface area contributed by atoms with E-state index in [2.05, 4.69) is 6.92 Å². The lowest BCUT2D eigenvalue weighted by Crippen LogP contribution is -2.24. The number of ether oxygens (including phenoxy) is 1. The Balaban J connectivity index is 2.33. The molecule has 3 heteroatoms. The van der Waals surface area contributed by atoms with Crippen LogP contribution in [0.1, 0.15) is 26.2 Å². The molecular weight excluding hydrogens is 130 g/mol. The fraction of sp³-hybridized carbons (Fsp3) is 0.857. The highest BCUT2D eigenvalue weighted by Crippen LogP contribution is 2.27. The van der Waals surface area contributed by atoms with Gasteiger partial charge in [-0.25, -0.2) is 4.79 Å². The highest BCUT2D eigenvalue weighted by atomic mass is 16.6. The normalized spacial score (nSPS) is 32.1. The summed E-state index contributed by atoms with van der Waals surface area (Å²) in [5.41, 5.74) is 4.87. The first-order chi connectivity index (χ1) is 4.70. The number of primary amides is 1. The fourth-order valence-corrected chi connectivity index (χ4v) is 1.44. The van der Waals surface area contributed by atoms with Crippen LogP contribution in [0.2, 0.25) is 0 Å². The second-order valence-corrected chi connectivity index (χ2v) is 2.88. The first kappa shape index (κ1) is 7.38. The van der Waals surface area contributed by atoms with E-state index in [1.165, 1.54) is 0 Å². The van der Waals surface area contributed by atoms with Gasteiger partial charge in [-0.15, -0.1) is 0 Å². The maximum atomic E-state index is 10.3. The average Bonchev–Trinajstić information content (AvgIpc) is 2.15. The Bertz CT molecular complexity index is 136. The maximum Gasteiger partial charge on any atom is 0.404 e. The van der Waals surface area contributed by atoms with E-state index >= 15 is 0 Å². The van der Waals surface area contributed by atoms with Crippen molar-refractivity contribution in [1.82, 2.24) is 0 Å². The first-order valence-corrected chi connectivity index (χ1v) is 3.66. The van der Waals surface area contributed by atoms with Crippen molar-refractivity contribution >= 4 is 6.09 Å². The van der Waals surface area contributed by atoms with Crippen LogP contribution >= 0.6 is 0 Å². The van der Waals surface area contributed by atoms with Crippen molar-refractivity contribution in [3.05, 3.63) is 0 Å². The highest BCUT2D eigenvalue weighted by molar-refractivity contribution is 5.64. The van der Waals surface area contributed by atoms with Gasteiger partial charge in [-0.05, 0) is 25.2 Å². The van der Waals surface area contributed by atoms with Crippen LogP contribution < -0.4 is 5.73 Å². The van der Waals surface area contributed by atoms with Crippen molar-refractivity contribution in [2.24, 2.45) is 11.7 Å². The van der Waals surface area contributed by atoms with E-state index in [0.717, 1.165) is 19.3 Å². The molecule has 0 bridgehead atoms. The average molecular weight is 143 g/mol. The summed E-state index contributed by atoms with van der Waals surface area (Å²) >= 11 is 0. The molecule has 1 aliphatic carbocycles. The summed E-state index contributed by atoms with van der Waals surface area (Å²) in [5.74, 6) is 0.493.